The van der Waals surface area contributed by atoms with E-state index in [9.17, 15) is 4.79 Å². The fraction of sp³-hybridized carbons (Fsp3) is 0.357. The van der Waals surface area contributed by atoms with Gasteiger partial charge in [0.25, 0.3) is 0 Å². The number of para-hydroxylation sites is 1. The minimum Gasteiger partial charge on any atom is -0.378 e. The average molecular weight is 257 g/mol. The maximum Gasteiger partial charge on any atom is 0.188 e. The van der Waals surface area contributed by atoms with Crippen LogP contribution >= 0.6 is 0 Å². The predicted molar refractivity (Wildman–Crippen MR) is 69.2 cm³/mol. The molecule has 5 nitrogen and oxygen atoms in total. The third-order valence-corrected chi connectivity index (χ3v) is 3.37. The lowest BCUT2D eigenvalue weighted by atomic mass is 9.99. The number of carbonyl (C=O) groups excluding carboxylic acids is 1. The summed E-state index contributed by atoms with van der Waals surface area (Å²) in [7, 11) is 0. The monoisotopic (exact) mass is 257 g/mol. The van der Waals surface area contributed by atoms with E-state index in [4.69, 9.17) is 4.74 Å². The summed E-state index contributed by atoms with van der Waals surface area (Å²) in [5.41, 5.74) is 1.37. The Morgan fingerprint density at radius 2 is 2.16 bits per heavy atom. The van der Waals surface area contributed by atoms with Crippen LogP contribution in [0.1, 0.15) is 23.8 Å². The van der Waals surface area contributed by atoms with E-state index < -0.39 is 0 Å². The molecule has 0 radical (unpaired) electrons. The van der Waals surface area contributed by atoms with Gasteiger partial charge in [0.05, 0.1) is 24.6 Å². The van der Waals surface area contributed by atoms with Crippen LogP contribution in [-0.4, -0.2) is 33.5 Å². The number of rotatable bonds is 3. The van der Waals surface area contributed by atoms with E-state index >= 15 is 0 Å². The highest BCUT2D eigenvalue weighted by atomic mass is 16.5. The topological polar surface area (TPSA) is 57.0 Å². The first-order valence-electron chi connectivity index (χ1n) is 6.37. The number of ether oxygens (including phenoxy) is 1. The largest absolute Gasteiger partial charge is 0.378 e. The van der Waals surface area contributed by atoms with Crippen LogP contribution in [0, 0.1) is 5.92 Å². The van der Waals surface area contributed by atoms with Crippen molar-refractivity contribution in [2.45, 2.75) is 19.4 Å². The summed E-state index contributed by atoms with van der Waals surface area (Å²) in [4.78, 5) is 12.5. The molecule has 98 valence electrons. The quantitative estimate of drug-likeness (QED) is 0.788. The van der Waals surface area contributed by atoms with Gasteiger partial charge in [-0.1, -0.05) is 23.4 Å². The second kappa shape index (κ2) is 4.93. The molecule has 0 saturated carbocycles. The number of hydrogen-bond acceptors (Lipinski definition) is 4. The lowest BCUT2D eigenvalue weighted by Crippen LogP contribution is -2.18. The van der Waals surface area contributed by atoms with Crippen molar-refractivity contribution in [2.24, 2.45) is 5.92 Å². The van der Waals surface area contributed by atoms with Crippen LogP contribution in [0.25, 0.3) is 5.69 Å². The van der Waals surface area contributed by atoms with E-state index in [0.29, 0.717) is 12.3 Å². The summed E-state index contributed by atoms with van der Waals surface area (Å²) in [5.74, 6) is -0.0332. The minimum absolute atomic E-state index is 0.0539. The zero-order valence-electron chi connectivity index (χ0n) is 10.7. The van der Waals surface area contributed by atoms with Crippen molar-refractivity contribution in [3.05, 3.63) is 42.2 Å². The first kappa shape index (κ1) is 12.0. The second-order valence-corrected chi connectivity index (χ2v) is 4.81. The Balaban J connectivity index is 1.90. The lowest BCUT2D eigenvalue weighted by Gasteiger charge is -2.08. The van der Waals surface area contributed by atoms with E-state index in [1.165, 1.54) is 6.20 Å². The van der Waals surface area contributed by atoms with Gasteiger partial charge in [0, 0.05) is 5.92 Å². The van der Waals surface area contributed by atoms with Crippen LogP contribution in [-0.2, 0) is 4.74 Å². The summed E-state index contributed by atoms with van der Waals surface area (Å²) in [6, 6.07) is 9.55. The Labute approximate surface area is 111 Å². The van der Waals surface area contributed by atoms with E-state index in [1.54, 1.807) is 4.68 Å². The Hall–Kier alpha value is -2.01. The molecule has 2 unspecified atom stereocenters. The fourth-order valence-corrected chi connectivity index (χ4v) is 2.37. The SMILES string of the molecule is CC1CC(C(=O)c2cnnn2-c2ccccc2)CO1. The highest BCUT2D eigenvalue weighted by molar-refractivity contribution is 5.96. The summed E-state index contributed by atoms with van der Waals surface area (Å²) in [6.07, 6.45) is 2.44. The number of nitrogens with zero attached hydrogens (tertiary/aromatic N) is 3. The van der Waals surface area contributed by atoms with Crippen LogP contribution < -0.4 is 0 Å². The number of carbonyl (C=O) groups is 1. The van der Waals surface area contributed by atoms with Crippen molar-refractivity contribution >= 4 is 5.78 Å². The van der Waals surface area contributed by atoms with E-state index in [-0.39, 0.29) is 17.8 Å². The zero-order valence-corrected chi connectivity index (χ0v) is 10.7. The summed E-state index contributed by atoms with van der Waals surface area (Å²) >= 11 is 0. The Bertz CT molecular complexity index is 579. The molecular formula is C14H15N3O2. The standard InChI is InChI=1S/C14H15N3O2/c1-10-7-11(9-19-10)14(18)13-8-15-16-17(13)12-5-3-2-4-6-12/h2-6,8,10-11H,7,9H2,1H3. The summed E-state index contributed by atoms with van der Waals surface area (Å²) in [6.45, 7) is 2.47. The highest BCUT2D eigenvalue weighted by Gasteiger charge is 2.31. The molecule has 0 amide bonds. The molecule has 0 bridgehead atoms. The number of benzene rings is 1. The molecule has 0 spiro atoms. The van der Waals surface area contributed by atoms with E-state index in [2.05, 4.69) is 10.3 Å². The summed E-state index contributed by atoms with van der Waals surface area (Å²) < 4.78 is 7.05. The summed E-state index contributed by atoms with van der Waals surface area (Å²) in [5, 5.41) is 7.86. The van der Waals surface area contributed by atoms with E-state index in [1.807, 2.05) is 37.3 Å². The van der Waals surface area contributed by atoms with Gasteiger partial charge in [-0.25, -0.2) is 4.68 Å². The molecule has 0 aliphatic carbocycles. The van der Waals surface area contributed by atoms with Gasteiger partial charge in [-0.15, -0.1) is 5.10 Å². The minimum atomic E-state index is -0.0871. The Kier molecular flexibility index (Phi) is 3.13. The van der Waals surface area contributed by atoms with Crippen molar-refractivity contribution in [2.75, 3.05) is 6.61 Å². The molecule has 3 rings (SSSR count). The van der Waals surface area contributed by atoms with Gasteiger partial charge in [0.2, 0.25) is 0 Å². The van der Waals surface area contributed by atoms with Crippen LogP contribution in [0.2, 0.25) is 0 Å². The highest BCUT2D eigenvalue weighted by Crippen LogP contribution is 2.23. The maximum absolute atomic E-state index is 12.5. The molecule has 1 fully saturated rings. The van der Waals surface area contributed by atoms with Gasteiger partial charge >= 0.3 is 0 Å². The Morgan fingerprint density at radius 3 is 2.84 bits per heavy atom. The number of hydrogen-bond donors (Lipinski definition) is 0. The van der Waals surface area contributed by atoms with Crippen molar-refractivity contribution in [3.63, 3.8) is 0 Å². The van der Waals surface area contributed by atoms with Crippen LogP contribution in [0.15, 0.2) is 36.5 Å². The molecule has 1 aromatic carbocycles. The van der Waals surface area contributed by atoms with Crippen LogP contribution in [0.4, 0.5) is 0 Å². The smallest absolute Gasteiger partial charge is 0.188 e. The van der Waals surface area contributed by atoms with Gasteiger partial charge in [0.1, 0.15) is 5.69 Å². The number of aromatic nitrogens is 3. The van der Waals surface area contributed by atoms with Crippen molar-refractivity contribution in [1.82, 2.24) is 15.0 Å². The number of ketones is 1. The average Bonchev–Trinajstić information content (AvgIpc) is 3.07. The molecule has 1 aliphatic heterocycles. The van der Waals surface area contributed by atoms with Crippen molar-refractivity contribution in [1.29, 1.82) is 0 Å². The molecule has 1 aliphatic rings. The van der Waals surface area contributed by atoms with Gasteiger partial charge in [-0.2, -0.15) is 0 Å². The molecule has 2 heterocycles. The van der Waals surface area contributed by atoms with Crippen molar-refractivity contribution in [3.8, 4) is 5.69 Å². The third-order valence-electron chi connectivity index (χ3n) is 3.37. The first-order valence-corrected chi connectivity index (χ1v) is 6.37. The van der Waals surface area contributed by atoms with Gasteiger partial charge < -0.3 is 4.74 Å². The molecule has 5 heteroatoms. The normalized spacial score (nSPS) is 22.6. The van der Waals surface area contributed by atoms with Gasteiger partial charge in [0.15, 0.2) is 5.78 Å². The maximum atomic E-state index is 12.5. The molecule has 1 saturated heterocycles. The van der Waals surface area contributed by atoms with E-state index in [0.717, 1.165) is 12.1 Å². The van der Waals surface area contributed by atoms with Crippen LogP contribution in [0.5, 0.6) is 0 Å². The lowest BCUT2D eigenvalue weighted by molar-refractivity contribution is 0.0870. The Morgan fingerprint density at radius 1 is 1.37 bits per heavy atom. The molecular weight excluding hydrogens is 242 g/mol. The fourth-order valence-electron chi connectivity index (χ4n) is 2.37. The first-order chi connectivity index (χ1) is 9.25. The van der Waals surface area contributed by atoms with Crippen molar-refractivity contribution < 1.29 is 9.53 Å². The van der Waals surface area contributed by atoms with Gasteiger partial charge in [-0.05, 0) is 25.5 Å². The van der Waals surface area contributed by atoms with Crippen LogP contribution in [0.3, 0.4) is 0 Å². The number of Topliss-reactive ketones (excluding diaryl/α,β-unsaturated/α-hetero) is 1. The molecule has 1 aromatic heterocycles. The third kappa shape index (κ3) is 2.29. The second-order valence-electron chi connectivity index (χ2n) is 4.81. The molecule has 2 aromatic rings. The zero-order chi connectivity index (χ0) is 13.2. The molecule has 19 heavy (non-hydrogen) atoms. The predicted octanol–water partition coefficient (Wildman–Crippen LogP) is 1.88. The molecule has 0 N–H and O–H groups in total. The molecule has 2 atom stereocenters. The van der Waals surface area contributed by atoms with Gasteiger partial charge in [-0.3, -0.25) is 4.79 Å².